The maximum Gasteiger partial charge on any atom is 0.119 e. The van der Waals surface area contributed by atoms with Crippen LogP contribution in [0.15, 0.2) is 43.0 Å². The summed E-state index contributed by atoms with van der Waals surface area (Å²) in [6, 6.07) is 7.78. The Morgan fingerprint density at radius 2 is 1.74 bits per heavy atom. The van der Waals surface area contributed by atoms with Crippen molar-refractivity contribution >= 4 is 0 Å². The topological polar surface area (TPSA) is 36.3 Å². The summed E-state index contributed by atoms with van der Waals surface area (Å²) >= 11 is 0. The van der Waals surface area contributed by atoms with Gasteiger partial charge in [-0.25, -0.2) is 4.98 Å². The Hall–Kier alpha value is -1.97. The molecule has 2 aromatic rings. The molecule has 0 aliphatic carbocycles. The van der Waals surface area contributed by atoms with Gasteiger partial charge >= 0.3 is 0 Å². The summed E-state index contributed by atoms with van der Waals surface area (Å²) in [4.78, 5) is 4.00. The lowest BCUT2D eigenvalue weighted by Gasteiger charge is -2.08. The molecule has 102 valence electrons. The first kappa shape index (κ1) is 13.5. The van der Waals surface area contributed by atoms with E-state index < -0.39 is 0 Å². The molecule has 0 bridgehead atoms. The molecule has 0 fully saturated rings. The van der Waals surface area contributed by atoms with E-state index in [1.54, 1.807) is 6.20 Å². The third kappa shape index (κ3) is 4.66. The van der Waals surface area contributed by atoms with Gasteiger partial charge in [0.1, 0.15) is 11.5 Å². The van der Waals surface area contributed by atoms with Crippen molar-refractivity contribution in [2.24, 2.45) is 0 Å². The number of imidazole rings is 1. The fourth-order valence-corrected chi connectivity index (χ4v) is 1.71. The lowest BCUT2D eigenvalue weighted by molar-refractivity contribution is 0.298. The van der Waals surface area contributed by atoms with Crippen molar-refractivity contribution in [2.45, 2.75) is 26.3 Å². The molecule has 4 heteroatoms. The van der Waals surface area contributed by atoms with E-state index in [0.717, 1.165) is 37.5 Å². The second-order valence-corrected chi connectivity index (χ2v) is 4.32. The van der Waals surface area contributed by atoms with Gasteiger partial charge in [-0.1, -0.05) is 6.92 Å². The molecule has 0 saturated carbocycles. The highest BCUT2D eigenvalue weighted by molar-refractivity contribution is 5.31. The number of hydrogen-bond acceptors (Lipinski definition) is 3. The Labute approximate surface area is 114 Å². The van der Waals surface area contributed by atoms with Gasteiger partial charge in [0.05, 0.1) is 19.5 Å². The maximum absolute atomic E-state index is 5.67. The van der Waals surface area contributed by atoms with Crippen LogP contribution in [0.25, 0.3) is 0 Å². The third-order valence-electron chi connectivity index (χ3n) is 2.69. The Kier molecular flexibility index (Phi) is 5.29. The van der Waals surface area contributed by atoms with Crippen LogP contribution in [0.1, 0.15) is 19.8 Å². The molecule has 0 amide bonds. The van der Waals surface area contributed by atoms with E-state index in [0.29, 0.717) is 6.61 Å². The second-order valence-electron chi connectivity index (χ2n) is 4.32. The third-order valence-corrected chi connectivity index (χ3v) is 2.69. The molecular weight excluding hydrogens is 240 g/mol. The molecule has 0 aliphatic heterocycles. The first-order valence-electron chi connectivity index (χ1n) is 6.70. The summed E-state index contributed by atoms with van der Waals surface area (Å²) in [5.74, 6) is 1.78. The number of hydrogen-bond donors (Lipinski definition) is 0. The van der Waals surface area contributed by atoms with Gasteiger partial charge in [0.15, 0.2) is 0 Å². The highest BCUT2D eigenvalue weighted by Gasteiger charge is 1.97. The average molecular weight is 260 g/mol. The normalized spacial score (nSPS) is 10.4. The smallest absolute Gasteiger partial charge is 0.119 e. The van der Waals surface area contributed by atoms with E-state index in [1.807, 2.05) is 41.4 Å². The first-order chi connectivity index (χ1) is 9.38. The molecule has 0 aliphatic rings. The molecule has 0 unspecified atom stereocenters. The number of aromatic nitrogens is 2. The van der Waals surface area contributed by atoms with E-state index in [9.17, 15) is 0 Å². The minimum absolute atomic E-state index is 0.702. The Morgan fingerprint density at radius 3 is 2.32 bits per heavy atom. The fraction of sp³-hybridized carbons (Fsp3) is 0.400. The van der Waals surface area contributed by atoms with E-state index in [-0.39, 0.29) is 0 Å². The summed E-state index contributed by atoms with van der Waals surface area (Å²) < 4.78 is 13.2. The van der Waals surface area contributed by atoms with Gasteiger partial charge in [0, 0.05) is 18.9 Å². The predicted octanol–water partition coefficient (Wildman–Crippen LogP) is 3.14. The SMILES string of the molecule is CCCOc1ccc(OCCCn2ccnc2)cc1. The Balaban J connectivity index is 1.68. The van der Waals surface area contributed by atoms with Crippen LogP contribution in [0, 0.1) is 0 Å². The Morgan fingerprint density at radius 1 is 1.05 bits per heavy atom. The highest BCUT2D eigenvalue weighted by atomic mass is 16.5. The van der Waals surface area contributed by atoms with Crippen LogP contribution in [0.2, 0.25) is 0 Å². The fourth-order valence-electron chi connectivity index (χ4n) is 1.71. The predicted molar refractivity (Wildman–Crippen MR) is 74.6 cm³/mol. The van der Waals surface area contributed by atoms with Crippen LogP contribution in [0.3, 0.4) is 0 Å². The maximum atomic E-state index is 5.67. The molecule has 1 aromatic heterocycles. The summed E-state index contributed by atoms with van der Waals surface area (Å²) in [6.45, 7) is 4.48. The summed E-state index contributed by atoms with van der Waals surface area (Å²) in [7, 11) is 0. The van der Waals surface area contributed by atoms with Crippen LogP contribution in [0.5, 0.6) is 11.5 Å². The average Bonchev–Trinajstić information content (AvgIpc) is 2.96. The molecule has 0 atom stereocenters. The molecule has 0 spiro atoms. The lowest BCUT2D eigenvalue weighted by Crippen LogP contribution is -2.03. The first-order valence-corrected chi connectivity index (χ1v) is 6.70. The lowest BCUT2D eigenvalue weighted by atomic mass is 10.3. The van der Waals surface area contributed by atoms with Crippen LogP contribution in [0.4, 0.5) is 0 Å². The van der Waals surface area contributed by atoms with Gasteiger partial charge in [0.2, 0.25) is 0 Å². The van der Waals surface area contributed by atoms with Crippen molar-refractivity contribution in [3.05, 3.63) is 43.0 Å². The summed E-state index contributed by atoms with van der Waals surface area (Å²) in [5, 5.41) is 0. The minimum Gasteiger partial charge on any atom is -0.494 e. The van der Waals surface area contributed by atoms with Gasteiger partial charge in [-0.05, 0) is 37.1 Å². The molecule has 0 N–H and O–H groups in total. The number of benzene rings is 1. The van der Waals surface area contributed by atoms with E-state index >= 15 is 0 Å². The molecule has 1 aromatic carbocycles. The van der Waals surface area contributed by atoms with Crippen molar-refractivity contribution in [1.29, 1.82) is 0 Å². The number of ether oxygens (including phenoxy) is 2. The zero-order valence-corrected chi connectivity index (χ0v) is 11.3. The van der Waals surface area contributed by atoms with Crippen LogP contribution in [-0.2, 0) is 6.54 Å². The quantitative estimate of drug-likeness (QED) is 0.684. The molecule has 2 rings (SSSR count). The molecule has 1 heterocycles. The van der Waals surface area contributed by atoms with Gasteiger partial charge in [-0.15, -0.1) is 0 Å². The van der Waals surface area contributed by atoms with Crippen molar-refractivity contribution in [2.75, 3.05) is 13.2 Å². The molecule has 0 radical (unpaired) electrons. The zero-order chi connectivity index (χ0) is 13.3. The molecule has 0 saturated heterocycles. The largest absolute Gasteiger partial charge is 0.494 e. The van der Waals surface area contributed by atoms with Crippen LogP contribution in [-0.4, -0.2) is 22.8 Å². The summed E-state index contributed by atoms with van der Waals surface area (Å²) in [6.07, 6.45) is 7.55. The van der Waals surface area contributed by atoms with Crippen LogP contribution < -0.4 is 9.47 Å². The van der Waals surface area contributed by atoms with Gasteiger partial charge in [0.25, 0.3) is 0 Å². The number of nitrogens with zero attached hydrogens (tertiary/aromatic N) is 2. The molecule has 19 heavy (non-hydrogen) atoms. The minimum atomic E-state index is 0.702. The van der Waals surface area contributed by atoms with E-state index in [4.69, 9.17) is 9.47 Å². The monoisotopic (exact) mass is 260 g/mol. The highest BCUT2D eigenvalue weighted by Crippen LogP contribution is 2.17. The van der Waals surface area contributed by atoms with Gasteiger partial charge < -0.3 is 14.0 Å². The second kappa shape index (κ2) is 7.46. The van der Waals surface area contributed by atoms with Crippen LogP contribution >= 0.6 is 0 Å². The summed E-state index contributed by atoms with van der Waals surface area (Å²) in [5.41, 5.74) is 0. The van der Waals surface area contributed by atoms with Crippen molar-refractivity contribution in [1.82, 2.24) is 9.55 Å². The van der Waals surface area contributed by atoms with E-state index in [2.05, 4.69) is 11.9 Å². The Bertz CT molecular complexity index is 452. The molecule has 4 nitrogen and oxygen atoms in total. The van der Waals surface area contributed by atoms with Gasteiger partial charge in [-0.2, -0.15) is 0 Å². The number of rotatable bonds is 8. The van der Waals surface area contributed by atoms with E-state index in [1.165, 1.54) is 0 Å². The standard InChI is InChI=1S/C15H20N2O2/c1-2-11-18-14-4-6-15(7-5-14)19-12-3-9-17-10-8-16-13-17/h4-8,10,13H,2-3,9,11-12H2,1H3. The molecular formula is C15H20N2O2. The number of aryl methyl sites for hydroxylation is 1. The zero-order valence-electron chi connectivity index (χ0n) is 11.3. The van der Waals surface area contributed by atoms with Crippen molar-refractivity contribution < 1.29 is 9.47 Å². The van der Waals surface area contributed by atoms with Crippen molar-refractivity contribution in [3.8, 4) is 11.5 Å². The van der Waals surface area contributed by atoms with Crippen molar-refractivity contribution in [3.63, 3.8) is 0 Å². The van der Waals surface area contributed by atoms with Gasteiger partial charge in [-0.3, -0.25) is 0 Å².